The molecule has 2 aromatic carbocycles. The van der Waals surface area contributed by atoms with Crippen LogP contribution < -0.4 is 15.0 Å². The van der Waals surface area contributed by atoms with Gasteiger partial charge in [-0.1, -0.05) is 23.7 Å². The standard InChI is InChI=1S/C21H17ClN2O5S/c1-11-5-12(2)7-14(6-11)24-20(28)15(19(27)23-21(24)30)8-13-3-4-17(16(22)9-13)29-10-18(25)26/h3-9H,10H2,1-2H3,(H,25,26)(H,23,27,30)/b15-8-. The van der Waals surface area contributed by atoms with Crippen LogP contribution in [0.4, 0.5) is 5.69 Å². The van der Waals surface area contributed by atoms with Gasteiger partial charge >= 0.3 is 5.97 Å². The summed E-state index contributed by atoms with van der Waals surface area (Å²) in [7, 11) is 0. The molecule has 1 fully saturated rings. The Bertz CT molecular complexity index is 1090. The Labute approximate surface area is 182 Å². The Balaban J connectivity index is 1.94. The Morgan fingerprint density at radius 2 is 1.87 bits per heavy atom. The summed E-state index contributed by atoms with van der Waals surface area (Å²) in [5.74, 6) is -2.13. The molecule has 0 bridgehead atoms. The number of carboxylic acids is 1. The second-order valence-electron chi connectivity index (χ2n) is 6.68. The number of nitrogens with one attached hydrogen (secondary N) is 1. The second kappa shape index (κ2) is 8.64. The fourth-order valence-electron chi connectivity index (χ4n) is 3.00. The highest BCUT2D eigenvalue weighted by Gasteiger charge is 2.34. The molecule has 0 saturated carbocycles. The molecule has 1 aliphatic heterocycles. The van der Waals surface area contributed by atoms with Gasteiger partial charge in [0.1, 0.15) is 11.3 Å². The van der Waals surface area contributed by atoms with Gasteiger partial charge < -0.3 is 9.84 Å². The van der Waals surface area contributed by atoms with Gasteiger partial charge in [-0.3, -0.25) is 19.8 Å². The molecule has 0 unspecified atom stereocenters. The van der Waals surface area contributed by atoms with Gasteiger partial charge in [0.15, 0.2) is 11.7 Å². The predicted octanol–water partition coefficient (Wildman–Crippen LogP) is 3.25. The molecule has 1 heterocycles. The normalized spacial score (nSPS) is 15.4. The van der Waals surface area contributed by atoms with Crippen molar-refractivity contribution >= 4 is 58.5 Å². The zero-order valence-electron chi connectivity index (χ0n) is 16.1. The van der Waals surface area contributed by atoms with Crippen LogP contribution in [0, 0.1) is 13.8 Å². The lowest BCUT2D eigenvalue weighted by Gasteiger charge is -2.29. The number of halogens is 1. The van der Waals surface area contributed by atoms with Gasteiger partial charge in [-0.25, -0.2) is 4.79 Å². The summed E-state index contributed by atoms with van der Waals surface area (Å²) in [6.45, 7) is 3.27. The first kappa shape index (κ1) is 21.5. The van der Waals surface area contributed by atoms with Gasteiger partial charge in [0.25, 0.3) is 11.8 Å². The number of aliphatic carboxylic acids is 1. The van der Waals surface area contributed by atoms with E-state index in [1.54, 1.807) is 18.2 Å². The van der Waals surface area contributed by atoms with Crippen molar-refractivity contribution in [3.05, 3.63) is 63.7 Å². The SMILES string of the molecule is Cc1cc(C)cc(N2C(=O)/C(=C\c3ccc(OCC(=O)O)c(Cl)c3)C(=O)NC2=S)c1. The summed E-state index contributed by atoms with van der Waals surface area (Å²) in [6.07, 6.45) is 1.39. The first-order chi connectivity index (χ1) is 14.2. The topological polar surface area (TPSA) is 95.9 Å². The summed E-state index contributed by atoms with van der Waals surface area (Å²) in [5, 5.41) is 11.4. The van der Waals surface area contributed by atoms with E-state index in [2.05, 4.69) is 5.32 Å². The monoisotopic (exact) mass is 444 g/mol. The van der Waals surface area contributed by atoms with Crippen LogP contribution in [0.3, 0.4) is 0 Å². The molecular formula is C21H17ClN2O5S. The summed E-state index contributed by atoms with van der Waals surface area (Å²) in [4.78, 5) is 37.4. The third-order valence-corrected chi connectivity index (χ3v) is 4.76. The molecule has 0 atom stereocenters. The molecule has 154 valence electrons. The van der Waals surface area contributed by atoms with Gasteiger partial charge in [0.05, 0.1) is 10.7 Å². The minimum absolute atomic E-state index is 0.00241. The Morgan fingerprint density at radius 1 is 1.20 bits per heavy atom. The largest absolute Gasteiger partial charge is 0.480 e. The summed E-state index contributed by atoms with van der Waals surface area (Å²) in [6, 6.07) is 10.1. The van der Waals surface area contributed by atoms with Crippen LogP contribution >= 0.6 is 23.8 Å². The van der Waals surface area contributed by atoms with Crippen molar-refractivity contribution in [1.82, 2.24) is 5.32 Å². The maximum atomic E-state index is 13.1. The van der Waals surface area contributed by atoms with E-state index in [4.69, 9.17) is 33.7 Å². The zero-order chi connectivity index (χ0) is 22.0. The van der Waals surface area contributed by atoms with Crippen molar-refractivity contribution in [3.8, 4) is 5.75 Å². The highest BCUT2D eigenvalue weighted by atomic mass is 35.5. The predicted molar refractivity (Wildman–Crippen MR) is 117 cm³/mol. The van der Waals surface area contributed by atoms with Crippen molar-refractivity contribution in [1.29, 1.82) is 0 Å². The Kier molecular flexibility index (Phi) is 6.19. The lowest BCUT2D eigenvalue weighted by Crippen LogP contribution is -2.54. The molecule has 2 N–H and O–H groups in total. The van der Waals surface area contributed by atoms with Crippen molar-refractivity contribution in [3.63, 3.8) is 0 Å². The van der Waals surface area contributed by atoms with Crippen LogP contribution in [0.15, 0.2) is 42.0 Å². The number of rotatable bonds is 5. The van der Waals surface area contributed by atoms with Crippen molar-refractivity contribution in [2.75, 3.05) is 11.5 Å². The molecule has 9 heteroatoms. The molecule has 3 rings (SSSR count). The first-order valence-corrected chi connectivity index (χ1v) is 9.58. The van der Waals surface area contributed by atoms with E-state index in [1.807, 2.05) is 19.9 Å². The number of hydrogen-bond donors (Lipinski definition) is 2. The second-order valence-corrected chi connectivity index (χ2v) is 7.47. The van der Waals surface area contributed by atoms with Crippen LogP contribution in [-0.2, 0) is 14.4 Å². The number of nitrogens with zero attached hydrogens (tertiary/aromatic N) is 1. The fraction of sp³-hybridized carbons (Fsp3) is 0.143. The van der Waals surface area contributed by atoms with Gasteiger partial charge in [-0.2, -0.15) is 0 Å². The van der Waals surface area contributed by atoms with Gasteiger partial charge in [-0.05, 0) is 73.1 Å². The van der Waals surface area contributed by atoms with Crippen molar-refractivity contribution < 1.29 is 24.2 Å². The lowest BCUT2D eigenvalue weighted by molar-refractivity contribution is -0.139. The number of ether oxygens (including phenoxy) is 1. The molecular weight excluding hydrogens is 428 g/mol. The summed E-state index contributed by atoms with van der Waals surface area (Å²) >= 11 is 11.3. The van der Waals surface area contributed by atoms with Gasteiger partial charge in [0, 0.05) is 0 Å². The van der Waals surface area contributed by atoms with E-state index >= 15 is 0 Å². The minimum Gasteiger partial charge on any atom is -0.480 e. The minimum atomic E-state index is -1.14. The third-order valence-electron chi connectivity index (χ3n) is 4.18. The van der Waals surface area contributed by atoms with Crippen molar-refractivity contribution in [2.24, 2.45) is 0 Å². The smallest absolute Gasteiger partial charge is 0.341 e. The maximum absolute atomic E-state index is 13.1. The molecule has 1 aliphatic rings. The van der Waals surface area contributed by atoms with E-state index in [0.29, 0.717) is 11.3 Å². The average molecular weight is 445 g/mol. The van der Waals surface area contributed by atoms with E-state index in [1.165, 1.54) is 23.1 Å². The number of anilines is 1. The highest BCUT2D eigenvalue weighted by molar-refractivity contribution is 7.80. The molecule has 7 nitrogen and oxygen atoms in total. The van der Waals surface area contributed by atoms with Crippen LogP contribution in [0.2, 0.25) is 5.02 Å². The number of amides is 2. The van der Waals surface area contributed by atoms with Crippen molar-refractivity contribution in [2.45, 2.75) is 13.8 Å². The Hall–Kier alpha value is -3.23. The van der Waals surface area contributed by atoms with Crippen LogP contribution in [0.5, 0.6) is 5.75 Å². The number of aryl methyl sites for hydroxylation is 2. The average Bonchev–Trinajstić information content (AvgIpc) is 2.63. The number of carbonyl (C=O) groups is 3. The molecule has 2 amide bonds. The van der Waals surface area contributed by atoms with Crippen LogP contribution in [0.25, 0.3) is 6.08 Å². The molecule has 0 radical (unpaired) electrons. The maximum Gasteiger partial charge on any atom is 0.341 e. The van der Waals surface area contributed by atoms with E-state index < -0.39 is 24.4 Å². The molecule has 0 spiro atoms. The van der Waals surface area contributed by atoms with Gasteiger partial charge in [-0.15, -0.1) is 0 Å². The molecule has 2 aromatic rings. The highest BCUT2D eigenvalue weighted by Crippen LogP contribution is 2.28. The Morgan fingerprint density at radius 3 is 2.47 bits per heavy atom. The fourth-order valence-corrected chi connectivity index (χ4v) is 3.53. The van der Waals surface area contributed by atoms with E-state index in [-0.39, 0.29) is 21.5 Å². The number of thiocarbonyl (C=S) groups is 1. The third kappa shape index (κ3) is 4.67. The zero-order valence-corrected chi connectivity index (χ0v) is 17.6. The first-order valence-electron chi connectivity index (χ1n) is 8.79. The summed E-state index contributed by atoms with van der Waals surface area (Å²) in [5.41, 5.74) is 2.81. The number of benzene rings is 2. The lowest BCUT2D eigenvalue weighted by atomic mass is 10.1. The van der Waals surface area contributed by atoms with E-state index in [9.17, 15) is 14.4 Å². The quantitative estimate of drug-likeness (QED) is 0.417. The van der Waals surface area contributed by atoms with E-state index in [0.717, 1.165) is 11.1 Å². The number of hydrogen-bond acceptors (Lipinski definition) is 5. The molecule has 0 aromatic heterocycles. The molecule has 30 heavy (non-hydrogen) atoms. The number of carboxylic acid groups (broad SMARTS) is 1. The molecule has 1 saturated heterocycles. The van der Waals surface area contributed by atoms with Crippen LogP contribution in [0.1, 0.15) is 16.7 Å². The molecule has 0 aliphatic carbocycles. The summed E-state index contributed by atoms with van der Waals surface area (Å²) < 4.78 is 5.07. The van der Waals surface area contributed by atoms with Crippen LogP contribution in [-0.4, -0.2) is 34.6 Å². The number of carbonyl (C=O) groups excluding carboxylic acids is 2. The van der Waals surface area contributed by atoms with Gasteiger partial charge in [0.2, 0.25) is 0 Å².